The Bertz CT molecular complexity index is 1300. The predicted octanol–water partition coefficient (Wildman–Crippen LogP) is 1.50. The highest BCUT2D eigenvalue weighted by Gasteiger charge is 2.43. The first-order valence-corrected chi connectivity index (χ1v) is 12.0. The van der Waals surface area contributed by atoms with Gasteiger partial charge in [-0.2, -0.15) is 0 Å². The number of nitrogens with one attached hydrogen (secondary N) is 1. The molecule has 0 saturated carbocycles. The first-order chi connectivity index (χ1) is 16.7. The van der Waals surface area contributed by atoms with Gasteiger partial charge in [0.15, 0.2) is 12.2 Å². The number of aromatic nitrogens is 2. The van der Waals surface area contributed by atoms with Crippen molar-refractivity contribution in [1.29, 1.82) is 0 Å². The Morgan fingerprint density at radius 1 is 1.26 bits per heavy atom. The summed E-state index contributed by atoms with van der Waals surface area (Å²) in [5.41, 5.74) is 1.46. The van der Waals surface area contributed by atoms with E-state index in [-0.39, 0.29) is 35.8 Å². The van der Waals surface area contributed by atoms with Gasteiger partial charge >= 0.3 is 5.88 Å². The minimum absolute atomic E-state index is 0.00763. The van der Waals surface area contributed by atoms with E-state index in [1.807, 2.05) is 12.1 Å². The fraction of sp³-hybridized carbons (Fsp3) is 0.217. The van der Waals surface area contributed by atoms with E-state index in [2.05, 4.69) is 38.2 Å². The molecule has 2 amide bonds. The van der Waals surface area contributed by atoms with E-state index in [0.29, 0.717) is 16.9 Å². The second kappa shape index (κ2) is 10.5. The molecule has 1 unspecified atom stereocenters. The van der Waals surface area contributed by atoms with E-state index in [4.69, 9.17) is 16.7 Å². The smallest absolute Gasteiger partial charge is 0.325 e. The molecule has 12 heteroatoms. The topological polar surface area (TPSA) is 118 Å². The maximum Gasteiger partial charge on any atom is 0.325 e. The molecule has 1 atom stereocenters. The summed E-state index contributed by atoms with van der Waals surface area (Å²) < 4.78 is 7.73. The molecular weight excluding hydrogens is 583 g/mol. The highest BCUT2D eigenvalue weighted by atomic mass is 127. The Labute approximate surface area is 220 Å². The van der Waals surface area contributed by atoms with Crippen LogP contribution >= 0.6 is 34.8 Å². The summed E-state index contributed by atoms with van der Waals surface area (Å²) in [4.78, 5) is 32.7. The van der Waals surface area contributed by atoms with E-state index in [1.54, 1.807) is 61.5 Å². The minimum atomic E-state index is -0.830. The third-order valence-electron chi connectivity index (χ3n) is 5.46. The van der Waals surface area contributed by atoms with Crippen LogP contribution in [0.3, 0.4) is 0 Å². The van der Waals surface area contributed by atoms with Crippen molar-refractivity contribution >= 4 is 69.2 Å². The summed E-state index contributed by atoms with van der Waals surface area (Å²) >= 11 is 7.66. The predicted molar refractivity (Wildman–Crippen MR) is 137 cm³/mol. The molecule has 4 rings (SSSR count). The molecule has 1 saturated heterocycles. The zero-order valence-electron chi connectivity index (χ0n) is 18.8. The number of halogens is 1. The number of anilines is 1. The van der Waals surface area contributed by atoms with E-state index < -0.39 is 11.9 Å². The van der Waals surface area contributed by atoms with Crippen molar-refractivity contribution in [2.24, 2.45) is 12.0 Å². The molecule has 0 radical (unpaired) electrons. The molecule has 180 valence electrons. The van der Waals surface area contributed by atoms with Gasteiger partial charge in [0.2, 0.25) is 11.2 Å². The number of carbonyl (C=O) groups is 2. The maximum absolute atomic E-state index is 12.9. The maximum atomic E-state index is 12.9. The standard InChI is InChI=1S/C23H21IN6O4S/c1-28-22(33)17(12-19(31)25-16-10-8-15(24)9-11-16)30(23(28)35)13-18-21(34-27-29(18)2)26-20(32)14-6-4-3-5-7-14/h3-11,17H,12-13H2,1-2H3,(H-,25,26,27,31,32). The van der Waals surface area contributed by atoms with Crippen molar-refractivity contribution < 1.29 is 23.9 Å². The summed E-state index contributed by atoms with van der Waals surface area (Å²) in [5.74, 6) is -1.11. The lowest BCUT2D eigenvalue weighted by Gasteiger charge is -2.21. The van der Waals surface area contributed by atoms with Gasteiger partial charge in [0.1, 0.15) is 12.6 Å². The SMILES string of the molecule is CN1C(=O)C(CC(=O)Nc2ccc(I)cc2)N(Cc2c(/N=C(\[O-])c3ccccc3)on[n+]2C)C1=S. The third-order valence-corrected chi connectivity index (χ3v) is 6.69. The van der Waals surface area contributed by atoms with E-state index in [1.165, 1.54) is 9.58 Å². The number of aryl methyl sites for hydroxylation is 1. The summed E-state index contributed by atoms with van der Waals surface area (Å²) in [6, 6.07) is 15.1. The molecule has 35 heavy (non-hydrogen) atoms. The molecular formula is C23H21IN6O4S. The number of hydrogen-bond acceptors (Lipinski definition) is 7. The molecule has 2 heterocycles. The van der Waals surface area contributed by atoms with Gasteiger partial charge in [0, 0.05) is 16.3 Å². The van der Waals surface area contributed by atoms with Crippen LogP contribution in [0, 0.1) is 3.57 Å². The van der Waals surface area contributed by atoms with Crippen LogP contribution in [-0.2, 0) is 23.2 Å². The molecule has 0 aliphatic carbocycles. The van der Waals surface area contributed by atoms with Crippen LogP contribution in [0.1, 0.15) is 17.7 Å². The van der Waals surface area contributed by atoms with Crippen LogP contribution in [0.15, 0.2) is 64.1 Å². The summed E-state index contributed by atoms with van der Waals surface area (Å²) in [7, 11) is 3.19. The third kappa shape index (κ3) is 5.48. The molecule has 1 fully saturated rings. The lowest BCUT2D eigenvalue weighted by molar-refractivity contribution is -0.746. The lowest BCUT2D eigenvalue weighted by atomic mass is 10.1. The Balaban J connectivity index is 1.56. The van der Waals surface area contributed by atoms with Crippen molar-refractivity contribution in [3.63, 3.8) is 0 Å². The number of rotatable bonds is 7. The van der Waals surface area contributed by atoms with Crippen molar-refractivity contribution in [3.8, 4) is 0 Å². The van der Waals surface area contributed by atoms with E-state index in [0.717, 1.165) is 3.57 Å². The molecule has 3 aromatic rings. The number of carbonyl (C=O) groups excluding carboxylic acids is 2. The molecule has 1 aromatic heterocycles. The number of amides is 2. The molecule has 2 aromatic carbocycles. The minimum Gasteiger partial charge on any atom is -0.858 e. The molecule has 0 spiro atoms. The van der Waals surface area contributed by atoms with E-state index in [9.17, 15) is 14.7 Å². The van der Waals surface area contributed by atoms with Gasteiger partial charge in [-0.05, 0) is 75.2 Å². The summed E-state index contributed by atoms with van der Waals surface area (Å²) in [5, 5.41) is 19.5. The second-order valence-electron chi connectivity index (χ2n) is 7.81. The highest BCUT2D eigenvalue weighted by molar-refractivity contribution is 14.1. The second-order valence-corrected chi connectivity index (χ2v) is 9.42. The van der Waals surface area contributed by atoms with Gasteiger partial charge in [-0.3, -0.25) is 19.0 Å². The van der Waals surface area contributed by atoms with Gasteiger partial charge in [0.25, 0.3) is 11.6 Å². The van der Waals surface area contributed by atoms with Gasteiger partial charge in [0.05, 0.1) is 6.42 Å². The monoisotopic (exact) mass is 604 g/mol. The number of thiocarbonyl (C=S) groups is 1. The van der Waals surface area contributed by atoms with Gasteiger partial charge in [-0.1, -0.05) is 30.3 Å². The quantitative estimate of drug-likeness (QED) is 0.143. The largest absolute Gasteiger partial charge is 0.858 e. The number of benzene rings is 2. The normalized spacial score (nSPS) is 16.2. The van der Waals surface area contributed by atoms with Crippen LogP contribution in [0.4, 0.5) is 11.6 Å². The van der Waals surface area contributed by atoms with Gasteiger partial charge in [-0.25, -0.2) is 4.99 Å². The number of likely N-dealkylation sites (N-methyl/N-ethyl adjacent to an activating group) is 1. The van der Waals surface area contributed by atoms with Crippen LogP contribution in [-0.4, -0.2) is 51.0 Å². The van der Waals surface area contributed by atoms with Crippen LogP contribution in [0.2, 0.25) is 0 Å². The zero-order chi connectivity index (χ0) is 25.1. The van der Waals surface area contributed by atoms with Crippen LogP contribution in [0.25, 0.3) is 0 Å². The molecule has 0 bridgehead atoms. The molecule has 10 nitrogen and oxygen atoms in total. The average Bonchev–Trinajstić information content (AvgIpc) is 3.28. The van der Waals surface area contributed by atoms with Crippen LogP contribution < -0.4 is 15.1 Å². The van der Waals surface area contributed by atoms with Crippen molar-refractivity contribution in [2.45, 2.75) is 19.0 Å². The fourth-order valence-electron chi connectivity index (χ4n) is 3.57. The Morgan fingerprint density at radius 3 is 2.63 bits per heavy atom. The van der Waals surface area contributed by atoms with Gasteiger partial charge < -0.3 is 15.3 Å². The Hall–Kier alpha value is -3.39. The van der Waals surface area contributed by atoms with Crippen molar-refractivity contribution in [3.05, 3.63) is 69.4 Å². The molecule has 1 aliphatic heterocycles. The Kier molecular flexibility index (Phi) is 7.40. The number of nitrogens with zero attached hydrogens (tertiary/aromatic N) is 5. The Morgan fingerprint density at radius 2 is 1.94 bits per heavy atom. The first-order valence-electron chi connectivity index (χ1n) is 10.5. The van der Waals surface area contributed by atoms with Gasteiger partial charge in [-0.15, -0.1) is 0 Å². The first kappa shape index (κ1) is 24.7. The molecule has 1 aliphatic rings. The highest BCUT2D eigenvalue weighted by Crippen LogP contribution is 2.25. The average molecular weight is 604 g/mol. The number of hydrogen-bond donors (Lipinski definition) is 1. The summed E-state index contributed by atoms with van der Waals surface area (Å²) in [6.07, 6.45) is -0.111. The van der Waals surface area contributed by atoms with Crippen molar-refractivity contribution in [2.75, 3.05) is 12.4 Å². The lowest BCUT2D eigenvalue weighted by Crippen LogP contribution is -2.42. The fourth-order valence-corrected chi connectivity index (χ4v) is 4.21. The zero-order valence-corrected chi connectivity index (χ0v) is 21.8. The molecule has 1 N–H and O–H groups in total. The van der Waals surface area contributed by atoms with Crippen molar-refractivity contribution in [1.82, 2.24) is 15.1 Å². The van der Waals surface area contributed by atoms with E-state index >= 15 is 0 Å². The van der Waals surface area contributed by atoms with Crippen LogP contribution in [0.5, 0.6) is 0 Å². The number of aliphatic imine (C=N–C) groups is 1. The summed E-state index contributed by atoms with van der Waals surface area (Å²) in [6.45, 7) is 0.0668.